The number of nitrogens with one attached hydrogen (secondary N) is 1. The minimum atomic E-state index is -1.42. The Morgan fingerprint density at radius 1 is 1.38 bits per heavy atom. The molecule has 96 valence electrons. The smallest absolute Gasteiger partial charge is 0.307 e. The van der Waals surface area contributed by atoms with Crippen LogP contribution >= 0.6 is 0 Å². The first-order valence-corrected chi connectivity index (χ1v) is 8.88. The van der Waals surface area contributed by atoms with E-state index in [1.165, 1.54) is 7.11 Å². The maximum absolute atomic E-state index is 11.0. The van der Waals surface area contributed by atoms with Gasteiger partial charge < -0.3 is 14.5 Å². The second-order valence-corrected chi connectivity index (χ2v) is 9.13. The van der Waals surface area contributed by atoms with Gasteiger partial charge in [0.1, 0.15) is 0 Å². The molecule has 1 N–H and O–H groups in total. The topological polar surface area (TPSA) is 47.6 Å². The SMILES string of the molecule is COC(=O)CC(C)NCCC[Si](C)(C)OC. The Labute approximate surface area is 99.8 Å². The van der Waals surface area contributed by atoms with E-state index in [1.54, 1.807) is 7.11 Å². The zero-order valence-electron chi connectivity index (χ0n) is 11.1. The number of hydrogen-bond donors (Lipinski definition) is 1. The molecule has 0 saturated carbocycles. The van der Waals surface area contributed by atoms with Gasteiger partial charge in [-0.2, -0.15) is 0 Å². The van der Waals surface area contributed by atoms with Crippen molar-refractivity contribution in [3.8, 4) is 0 Å². The van der Waals surface area contributed by atoms with Gasteiger partial charge in [0.2, 0.25) is 0 Å². The summed E-state index contributed by atoms with van der Waals surface area (Å²) in [6, 6.07) is 1.32. The summed E-state index contributed by atoms with van der Waals surface area (Å²) >= 11 is 0. The predicted molar refractivity (Wildman–Crippen MR) is 68.0 cm³/mol. The molecule has 0 bridgehead atoms. The molecule has 0 aromatic rings. The summed E-state index contributed by atoms with van der Waals surface area (Å²) in [6.45, 7) is 7.35. The van der Waals surface area contributed by atoms with Crippen molar-refractivity contribution >= 4 is 14.3 Å². The van der Waals surface area contributed by atoms with Crippen LogP contribution in [0, 0.1) is 0 Å². The molecule has 16 heavy (non-hydrogen) atoms. The molecule has 0 rings (SSSR count). The van der Waals surface area contributed by atoms with Gasteiger partial charge in [0.25, 0.3) is 0 Å². The molecule has 1 atom stereocenters. The normalized spacial score (nSPS) is 13.6. The van der Waals surface area contributed by atoms with Crippen LogP contribution in [0.25, 0.3) is 0 Å². The molecule has 1 unspecified atom stereocenters. The average molecular weight is 247 g/mol. The molecular formula is C11H25NO3Si. The Morgan fingerprint density at radius 3 is 2.50 bits per heavy atom. The molecular weight excluding hydrogens is 222 g/mol. The number of esters is 1. The van der Waals surface area contributed by atoms with Crippen LogP contribution in [-0.2, 0) is 14.0 Å². The lowest BCUT2D eigenvalue weighted by atomic mass is 10.2. The van der Waals surface area contributed by atoms with E-state index in [0.717, 1.165) is 19.0 Å². The van der Waals surface area contributed by atoms with Crippen LogP contribution < -0.4 is 5.32 Å². The highest BCUT2D eigenvalue weighted by Gasteiger charge is 2.19. The highest BCUT2D eigenvalue weighted by atomic mass is 28.4. The van der Waals surface area contributed by atoms with Crippen molar-refractivity contribution in [1.29, 1.82) is 0 Å². The Balaban J connectivity index is 3.55. The van der Waals surface area contributed by atoms with Gasteiger partial charge in [-0.05, 0) is 39.0 Å². The van der Waals surface area contributed by atoms with E-state index in [9.17, 15) is 4.79 Å². The van der Waals surface area contributed by atoms with Gasteiger partial charge >= 0.3 is 5.97 Å². The molecule has 0 aromatic carbocycles. The first-order valence-electron chi connectivity index (χ1n) is 5.76. The molecule has 0 aliphatic carbocycles. The molecule has 0 fully saturated rings. The number of carbonyl (C=O) groups is 1. The molecule has 0 saturated heterocycles. The van der Waals surface area contributed by atoms with E-state index in [-0.39, 0.29) is 12.0 Å². The van der Waals surface area contributed by atoms with Crippen LogP contribution in [0.5, 0.6) is 0 Å². The maximum atomic E-state index is 11.0. The van der Waals surface area contributed by atoms with Crippen LogP contribution in [0.4, 0.5) is 0 Å². The van der Waals surface area contributed by atoms with Crippen molar-refractivity contribution < 1.29 is 14.0 Å². The van der Waals surface area contributed by atoms with Crippen LogP contribution in [0.1, 0.15) is 19.8 Å². The summed E-state index contributed by atoms with van der Waals surface area (Å²) < 4.78 is 10.1. The maximum Gasteiger partial charge on any atom is 0.307 e. The van der Waals surface area contributed by atoms with Crippen molar-refractivity contribution in [3.05, 3.63) is 0 Å². The Kier molecular flexibility index (Phi) is 7.62. The summed E-state index contributed by atoms with van der Waals surface area (Å²) in [4.78, 5) is 11.0. The van der Waals surface area contributed by atoms with Gasteiger partial charge in [0.05, 0.1) is 13.5 Å². The summed E-state index contributed by atoms with van der Waals surface area (Å²) in [6.07, 6.45) is 1.53. The van der Waals surface area contributed by atoms with Gasteiger partial charge in [0, 0.05) is 13.2 Å². The van der Waals surface area contributed by atoms with Crippen molar-refractivity contribution in [3.63, 3.8) is 0 Å². The number of rotatable bonds is 8. The second kappa shape index (κ2) is 7.81. The first-order chi connectivity index (χ1) is 7.41. The molecule has 0 aliphatic heterocycles. The van der Waals surface area contributed by atoms with Crippen molar-refractivity contribution in [2.24, 2.45) is 0 Å². The molecule has 4 nitrogen and oxygen atoms in total. The number of hydrogen-bond acceptors (Lipinski definition) is 4. The standard InChI is InChI=1S/C11H25NO3Si/c1-10(9-11(13)14-2)12-7-6-8-16(4,5)15-3/h10,12H,6-9H2,1-5H3. The minimum absolute atomic E-state index is 0.161. The van der Waals surface area contributed by atoms with E-state index in [0.29, 0.717) is 6.42 Å². The van der Waals surface area contributed by atoms with Gasteiger partial charge in [-0.1, -0.05) is 0 Å². The highest BCUT2D eigenvalue weighted by molar-refractivity contribution is 6.71. The number of methoxy groups -OCH3 is 1. The van der Waals surface area contributed by atoms with Gasteiger partial charge in [0.15, 0.2) is 8.32 Å². The second-order valence-electron chi connectivity index (χ2n) is 4.70. The first kappa shape index (κ1) is 15.6. The number of carbonyl (C=O) groups excluding carboxylic acids is 1. The average Bonchev–Trinajstić information content (AvgIpc) is 2.24. The molecule has 0 heterocycles. The van der Waals surface area contributed by atoms with Crippen molar-refractivity contribution in [1.82, 2.24) is 5.32 Å². The zero-order valence-corrected chi connectivity index (χ0v) is 12.1. The third-order valence-corrected chi connectivity index (χ3v) is 5.36. The summed E-state index contributed by atoms with van der Waals surface area (Å²) in [5.74, 6) is -0.161. The molecule has 0 amide bonds. The minimum Gasteiger partial charge on any atom is -0.469 e. The van der Waals surface area contributed by atoms with E-state index in [4.69, 9.17) is 4.43 Å². The van der Waals surface area contributed by atoms with Gasteiger partial charge in [-0.15, -0.1) is 0 Å². The van der Waals surface area contributed by atoms with E-state index < -0.39 is 8.32 Å². The summed E-state index contributed by atoms with van der Waals surface area (Å²) in [7, 11) is 1.79. The van der Waals surface area contributed by atoms with Gasteiger partial charge in [-0.25, -0.2) is 0 Å². The third kappa shape index (κ3) is 7.84. The van der Waals surface area contributed by atoms with Gasteiger partial charge in [-0.3, -0.25) is 4.79 Å². The van der Waals surface area contributed by atoms with Crippen LogP contribution in [0.2, 0.25) is 19.1 Å². The largest absolute Gasteiger partial charge is 0.469 e. The lowest BCUT2D eigenvalue weighted by Crippen LogP contribution is -2.33. The molecule has 0 aromatic heterocycles. The van der Waals surface area contributed by atoms with E-state index >= 15 is 0 Å². The molecule has 0 spiro atoms. The lowest BCUT2D eigenvalue weighted by molar-refractivity contribution is -0.141. The number of ether oxygens (including phenoxy) is 1. The molecule has 0 radical (unpaired) electrons. The third-order valence-electron chi connectivity index (χ3n) is 2.70. The lowest BCUT2D eigenvalue weighted by Gasteiger charge is -2.20. The fourth-order valence-electron chi connectivity index (χ4n) is 1.37. The highest BCUT2D eigenvalue weighted by Crippen LogP contribution is 2.11. The van der Waals surface area contributed by atoms with Crippen molar-refractivity contribution in [2.75, 3.05) is 20.8 Å². The zero-order chi connectivity index (χ0) is 12.6. The molecule has 0 aliphatic rings. The van der Waals surface area contributed by atoms with Crippen molar-refractivity contribution in [2.45, 2.75) is 44.9 Å². The van der Waals surface area contributed by atoms with E-state index in [2.05, 4.69) is 23.1 Å². The fourth-order valence-corrected chi connectivity index (χ4v) is 2.60. The Bertz CT molecular complexity index is 209. The predicted octanol–water partition coefficient (Wildman–Crippen LogP) is 1.77. The Morgan fingerprint density at radius 2 is 2.00 bits per heavy atom. The van der Waals surface area contributed by atoms with E-state index in [1.807, 2.05) is 6.92 Å². The van der Waals surface area contributed by atoms with Crippen LogP contribution in [-0.4, -0.2) is 41.1 Å². The molecule has 5 heteroatoms. The van der Waals surface area contributed by atoms with Crippen LogP contribution in [0.15, 0.2) is 0 Å². The summed E-state index contributed by atoms with van der Waals surface area (Å²) in [5.41, 5.74) is 0. The monoisotopic (exact) mass is 247 g/mol. The summed E-state index contributed by atoms with van der Waals surface area (Å²) in [5, 5.41) is 3.31. The van der Waals surface area contributed by atoms with Crippen LogP contribution in [0.3, 0.4) is 0 Å². The Hall–Kier alpha value is -0.393. The quantitative estimate of drug-likeness (QED) is 0.403. The fraction of sp³-hybridized carbons (Fsp3) is 0.909.